The summed E-state index contributed by atoms with van der Waals surface area (Å²) in [6, 6.07) is 2.23. The van der Waals surface area contributed by atoms with Crippen LogP contribution in [0.15, 0.2) is 58.3 Å². The molecule has 6 nitrogen and oxygen atoms in total. The topological polar surface area (TPSA) is 100 Å². The summed E-state index contributed by atoms with van der Waals surface area (Å²) in [5.41, 5.74) is 8.68. The normalized spacial score (nSPS) is 26.3. The molecule has 27 heavy (non-hydrogen) atoms. The fraction of sp³-hybridized carbons (Fsp3) is 0.429. The number of ketones is 1. The molecule has 0 radical (unpaired) electrons. The van der Waals surface area contributed by atoms with Crippen LogP contribution in [0, 0.1) is 23.2 Å². The molecule has 0 amide bonds. The van der Waals surface area contributed by atoms with Crippen LogP contribution in [0.25, 0.3) is 0 Å². The number of nitrogens with one attached hydrogen (secondary N) is 2. The summed E-state index contributed by atoms with van der Waals surface area (Å²) in [7, 11) is 0. The first kappa shape index (κ1) is 17.6. The third kappa shape index (κ3) is 3.69. The van der Waals surface area contributed by atoms with Crippen molar-refractivity contribution in [2.24, 2.45) is 17.6 Å². The summed E-state index contributed by atoms with van der Waals surface area (Å²) in [5.74, 6) is 1.62. The summed E-state index contributed by atoms with van der Waals surface area (Å²) in [6.45, 7) is 2.46. The molecule has 2 aliphatic carbocycles. The molecule has 1 saturated heterocycles. The Bertz CT molecular complexity index is 844. The predicted octanol–water partition coefficient (Wildman–Crippen LogP) is 1.91. The van der Waals surface area contributed by atoms with Crippen LogP contribution in [0.5, 0.6) is 0 Å². The number of rotatable bonds is 4. The molecule has 4 rings (SSSR count). The Morgan fingerprint density at radius 2 is 2.04 bits per heavy atom. The molecule has 2 aliphatic heterocycles. The first-order valence-electron chi connectivity index (χ1n) is 9.57. The number of nitrogens with zero attached hydrogens (tertiary/aromatic N) is 1. The molecule has 0 aromatic heterocycles. The van der Waals surface area contributed by atoms with Gasteiger partial charge in [-0.3, -0.25) is 4.79 Å². The van der Waals surface area contributed by atoms with Crippen LogP contribution < -0.4 is 16.4 Å². The van der Waals surface area contributed by atoms with E-state index in [0.717, 1.165) is 31.5 Å². The number of nitriles is 1. The highest BCUT2D eigenvalue weighted by molar-refractivity contribution is 6.09. The lowest BCUT2D eigenvalue weighted by atomic mass is 9.83. The van der Waals surface area contributed by atoms with E-state index < -0.39 is 0 Å². The lowest BCUT2D eigenvalue weighted by molar-refractivity contribution is -0.111. The third-order valence-electron chi connectivity index (χ3n) is 5.45. The van der Waals surface area contributed by atoms with Gasteiger partial charge in [0.1, 0.15) is 17.6 Å². The van der Waals surface area contributed by atoms with Gasteiger partial charge in [0.05, 0.1) is 23.5 Å². The average molecular weight is 364 g/mol. The van der Waals surface area contributed by atoms with Crippen molar-refractivity contribution in [1.29, 1.82) is 5.26 Å². The van der Waals surface area contributed by atoms with E-state index >= 15 is 0 Å². The van der Waals surface area contributed by atoms with E-state index in [1.54, 1.807) is 6.08 Å². The number of piperidine rings is 1. The monoisotopic (exact) mass is 364 g/mol. The minimum absolute atomic E-state index is 0.111. The van der Waals surface area contributed by atoms with Gasteiger partial charge in [-0.05, 0) is 74.4 Å². The van der Waals surface area contributed by atoms with E-state index in [9.17, 15) is 10.1 Å². The Balaban J connectivity index is 1.71. The van der Waals surface area contributed by atoms with Crippen molar-refractivity contribution in [1.82, 2.24) is 10.6 Å². The standard InChI is InChI=1S/C21H24N4O2/c22-11-16-15(14-6-8-24-9-7-14)10-17(25-21(16)23)20-18(26)2-1-3-19(20)27-12-13-4-5-13/h1-3,10,13-14,24-25H,4-9,12,23H2/b20-17-. The zero-order valence-electron chi connectivity index (χ0n) is 15.3. The number of ether oxygens (including phenoxy) is 1. The summed E-state index contributed by atoms with van der Waals surface area (Å²) >= 11 is 0. The molecule has 4 N–H and O–H groups in total. The Kier molecular flexibility index (Phi) is 4.87. The van der Waals surface area contributed by atoms with Crippen LogP contribution >= 0.6 is 0 Å². The van der Waals surface area contributed by atoms with Gasteiger partial charge in [-0.1, -0.05) is 6.08 Å². The minimum atomic E-state index is -0.111. The molecule has 0 spiro atoms. The van der Waals surface area contributed by atoms with Crippen molar-refractivity contribution in [3.63, 3.8) is 0 Å². The number of nitrogens with two attached hydrogens (primary N) is 1. The van der Waals surface area contributed by atoms with Crippen LogP contribution in [0.1, 0.15) is 25.7 Å². The highest BCUT2D eigenvalue weighted by atomic mass is 16.5. The predicted molar refractivity (Wildman–Crippen MR) is 102 cm³/mol. The van der Waals surface area contributed by atoms with E-state index in [-0.39, 0.29) is 11.7 Å². The lowest BCUT2D eigenvalue weighted by Crippen LogP contribution is -2.33. The highest BCUT2D eigenvalue weighted by Gasteiger charge is 2.30. The number of dihydropyridines is 1. The van der Waals surface area contributed by atoms with Gasteiger partial charge in [0.2, 0.25) is 0 Å². The van der Waals surface area contributed by atoms with Crippen LogP contribution in [-0.4, -0.2) is 25.5 Å². The summed E-state index contributed by atoms with van der Waals surface area (Å²) in [4.78, 5) is 12.6. The van der Waals surface area contributed by atoms with Crippen LogP contribution in [0.4, 0.5) is 0 Å². The second kappa shape index (κ2) is 7.45. The zero-order chi connectivity index (χ0) is 18.8. The van der Waals surface area contributed by atoms with Crippen LogP contribution in [0.3, 0.4) is 0 Å². The molecule has 0 bridgehead atoms. The Hall–Kier alpha value is -2.78. The molecule has 1 saturated carbocycles. The van der Waals surface area contributed by atoms with Gasteiger partial charge in [0, 0.05) is 0 Å². The molecule has 140 valence electrons. The Morgan fingerprint density at radius 3 is 2.74 bits per heavy atom. The number of carbonyl (C=O) groups is 1. The average Bonchev–Trinajstić information content (AvgIpc) is 3.51. The lowest BCUT2D eigenvalue weighted by Gasteiger charge is -2.29. The van der Waals surface area contributed by atoms with Gasteiger partial charge >= 0.3 is 0 Å². The summed E-state index contributed by atoms with van der Waals surface area (Å²) in [5, 5.41) is 16.0. The molecule has 0 aromatic rings. The molecule has 4 aliphatic rings. The fourth-order valence-corrected chi connectivity index (χ4v) is 3.73. The number of allylic oxidation sites excluding steroid dienone is 7. The Labute approximate surface area is 159 Å². The van der Waals surface area contributed by atoms with Crippen molar-refractivity contribution in [3.8, 4) is 6.07 Å². The van der Waals surface area contributed by atoms with E-state index in [1.807, 2.05) is 12.2 Å². The summed E-state index contributed by atoms with van der Waals surface area (Å²) < 4.78 is 5.94. The van der Waals surface area contributed by atoms with Crippen molar-refractivity contribution in [2.45, 2.75) is 25.7 Å². The van der Waals surface area contributed by atoms with E-state index in [2.05, 4.69) is 16.7 Å². The third-order valence-corrected chi connectivity index (χ3v) is 5.45. The molecular formula is C21H24N4O2. The Morgan fingerprint density at radius 1 is 1.26 bits per heavy atom. The summed E-state index contributed by atoms with van der Waals surface area (Å²) in [6.07, 6.45) is 11.3. The molecule has 0 atom stereocenters. The number of carbonyl (C=O) groups excluding carboxylic acids is 1. The second-order valence-corrected chi connectivity index (χ2v) is 7.45. The smallest absolute Gasteiger partial charge is 0.191 e. The molecular weight excluding hydrogens is 340 g/mol. The van der Waals surface area contributed by atoms with Crippen molar-refractivity contribution >= 4 is 5.78 Å². The van der Waals surface area contributed by atoms with Crippen molar-refractivity contribution in [3.05, 3.63) is 58.3 Å². The molecule has 0 unspecified atom stereocenters. The maximum Gasteiger partial charge on any atom is 0.191 e. The maximum absolute atomic E-state index is 12.6. The molecule has 2 fully saturated rings. The SMILES string of the molecule is N#CC1=C(N)N/C(=C2/C(=O)C=CC=C2OCC2CC2)C=C1C1CCNCC1. The first-order valence-corrected chi connectivity index (χ1v) is 9.57. The second-order valence-electron chi connectivity index (χ2n) is 7.45. The van der Waals surface area contributed by atoms with Crippen LogP contribution in [-0.2, 0) is 9.53 Å². The van der Waals surface area contributed by atoms with E-state index in [1.165, 1.54) is 18.9 Å². The quantitative estimate of drug-likeness (QED) is 0.659. The number of hydrogen-bond acceptors (Lipinski definition) is 6. The first-order chi connectivity index (χ1) is 13.2. The van der Waals surface area contributed by atoms with E-state index in [0.29, 0.717) is 40.9 Å². The highest BCUT2D eigenvalue weighted by Crippen LogP contribution is 2.35. The largest absolute Gasteiger partial charge is 0.492 e. The molecule has 6 heteroatoms. The van der Waals surface area contributed by atoms with Gasteiger partial charge in [0.25, 0.3) is 0 Å². The molecule has 0 aromatic carbocycles. The van der Waals surface area contributed by atoms with Crippen molar-refractivity contribution in [2.75, 3.05) is 19.7 Å². The van der Waals surface area contributed by atoms with Crippen LogP contribution in [0.2, 0.25) is 0 Å². The van der Waals surface area contributed by atoms with Gasteiger partial charge < -0.3 is 21.1 Å². The number of hydrogen-bond donors (Lipinski definition) is 3. The maximum atomic E-state index is 12.6. The van der Waals surface area contributed by atoms with Gasteiger partial charge in [-0.2, -0.15) is 5.26 Å². The fourth-order valence-electron chi connectivity index (χ4n) is 3.73. The van der Waals surface area contributed by atoms with Gasteiger partial charge in [-0.25, -0.2) is 0 Å². The van der Waals surface area contributed by atoms with Crippen molar-refractivity contribution < 1.29 is 9.53 Å². The van der Waals surface area contributed by atoms with Gasteiger partial charge in [-0.15, -0.1) is 0 Å². The zero-order valence-corrected chi connectivity index (χ0v) is 15.3. The minimum Gasteiger partial charge on any atom is -0.492 e. The van der Waals surface area contributed by atoms with E-state index in [4.69, 9.17) is 10.5 Å². The van der Waals surface area contributed by atoms with Gasteiger partial charge in [0.15, 0.2) is 5.78 Å². The molecule has 2 heterocycles.